The second kappa shape index (κ2) is 5.59. The average molecular weight is 308 g/mol. The zero-order valence-corrected chi connectivity index (χ0v) is 12.9. The molecule has 1 aromatic carbocycles. The first kappa shape index (κ1) is 14.1. The van der Waals surface area contributed by atoms with Gasteiger partial charge in [-0.2, -0.15) is 0 Å². The number of aromatic amines is 2. The van der Waals surface area contributed by atoms with Gasteiger partial charge >= 0.3 is 0 Å². The van der Waals surface area contributed by atoms with Crippen LogP contribution in [-0.4, -0.2) is 28.0 Å². The van der Waals surface area contributed by atoms with Gasteiger partial charge in [-0.3, -0.25) is 9.69 Å². The van der Waals surface area contributed by atoms with Crippen molar-refractivity contribution in [3.05, 3.63) is 52.4 Å². The summed E-state index contributed by atoms with van der Waals surface area (Å²) in [6.45, 7) is 3.37. The van der Waals surface area contributed by atoms with E-state index in [1.54, 1.807) is 6.07 Å². The van der Waals surface area contributed by atoms with E-state index < -0.39 is 0 Å². The largest absolute Gasteiger partial charge is 0.398 e. The van der Waals surface area contributed by atoms with Gasteiger partial charge in [0.05, 0.1) is 11.3 Å². The van der Waals surface area contributed by atoms with Crippen LogP contribution in [-0.2, 0) is 6.54 Å². The Morgan fingerprint density at radius 1 is 1.13 bits per heavy atom. The van der Waals surface area contributed by atoms with E-state index in [1.165, 1.54) is 37.7 Å². The monoisotopic (exact) mass is 308 g/mol. The zero-order chi connectivity index (χ0) is 15.8. The number of hydrogen-bond donors (Lipinski definition) is 3. The Kier molecular flexibility index (Phi) is 3.42. The normalized spacial score (nSPS) is 15.5. The number of nitrogens with one attached hydrogen (secondary N) is 2. The van der Waals surface area contributed by atoms with Gasteiger partial charge in [-0.05, 0) is 55.8 Å². The van der Waals surface area contributed by atoms with E-state index >= 15 is 0 Å². The Balaban J connectivity index is 1.70. The maximum Gasteiger partial charge on any atom is 0.257 e. The van der Waals surface area contributed by atoms with Crippen LogP contribution in [0.3, 0.4) is 0 Å². The molecule has 23 heavy (non-hydrogen) atoms. The van der Waals surface area contributed by atoms with Crippen molar-refractivity contribution in [3.8, 4) is 11.3 Å². The van der Waals surface area contributed by atoms with Gasteiger partial charge in [-0.1, -0.05) is 6.07 Å². The topological polar surface area (TPSA) is 77.9 Å². The van der Waals surface area contributed by atoms with Crippen LogP contribution >= 0.6 is 0 Å². The fourth-order valence-electron chi connectivity index (χ4n) is 3.33. The van der Waals surface area contributed by atoms with Crippen LogP contribution in [0.4, 0.5) is 5.69 Å². The molecule has 1 aliphatic heterocycles. The summed E-state index contributed by atoms with van der Waals surface area (Å²) < 4.78 is 0. The maximum absolute atomic E-state index is 12.0. The van der Waals surface area contributed by atoms with Crippen molar-refractivity contribution in [2.75, 3.05) is 18.8 Å². The highest BCUT2D eigenvalue weighted by atomic mass is 16.1. The zero-order valence-electron chi connectivity index (χ0n) is 12.9. The van der Waals surface area contributed by atoms with Crippen LogP contribution in [0.2, 0.25) is 0 Å². The van der Waals surface area contributed by atoms with Gasteiger partial charge in [0.15, 0.2) is 0 Å². The molecular formula is C18H20N4O. The number of likely N-dealkylation sites (tertiary alicyclic amines) is 1. The molecule has 1 fully saturated rings. The molecule has 3 heterocycles. The first-order valence-corrected chi connectivity index (χ1v) is 8.02. The highest BCUT2D eigenvalue weighted by Crippen LogP contribution is 2.24. The third-order valence-corrected chi connectivity index (χ3v) is 4.51. The van der Waals surface area contributed by atoms with Gasteiger partial charge in [0.25, 0.3) is 5.56 Å². The summed E-state index contributed by atoms with van der Waals surface area (Å²) in [7, 11) is 0. The van der Waals surface area contributed by atoms with Crippen molar-refractivity contribution in [1.29, 1.82) is 0 Å². The Bertz CT molecular complexity index is 903. The number of nitrogen functional groups attached to an aromatic ring is 1. The average Bonchev–Trinajstić information content (AvgIpc) is 3.18. The predicted octanol–water partition coefficient (Wildman–Crippen LogP) is 2.70. The first-order valence-electron chi connectivity index (χ1n) is 8.02. The highest BCUT2D eigenvalue weighted by molar-refractivity contribution is 5.86. The van der Waals surface area contributed by atoms with Gasteiger partial charge in [0, 0.05) is 29.3 Å². The van der Waals surface area contributed by atoms with E-state index in [2.05, 4.69) is 33.1 Å². The molecule has 0 aliphatic carbocycles. The fourth-order valence-corrected chi connectivity index (χ4v) is 3.33. The molecular weight excluding hydrogens is 288 g/mol. The van der Waals surface area contributed by atoms with Gasteiger partial charge in [-0.25, -0.2) is 0 Å². The molecule has 3 aromatic rings. The van der Waals surface area contributed by atoms with Crippen molar-refractivity contribution >= 4 is 16.6 Å². The van der Waals surface area contributed by atoms with Crippen LogP contribution in [0, 0.1) is 0 Å². The van der Waals surface area contributed by atoms with Gasteiger partial charge in [0.2, 0.25) is 0 Å². The Morgan fingerprint density at radius 3 is 2.78 bits per heavy atom. The Morgan fingerprint density at radius 2 is 1.96 bits per heavy atom. The number of nitrogens with two attached hydrogens (primary N) is 1. The number of aromatic nitrogens is 2. The van der Waals surface area contributed by atoms with Gasteiger partial charge in [0.1, 0.15) is 0 Å². The maximum atomic E-state index is 12.0. The Hall–Kier alpha value is -2.53. The fraction of sp³-hybridized carbons (Fsp3) is 0.278. The van der Waals surface area contributed by atoms with Crippen molar-refractivity contribution in [2.24, 2.45) is 0 Å². The lowest BCUT2D eigenvalue weighted by Crippen LogP contribution is -2.18. The highest BCUT2D eigenvalue weighted by Gasteiger charge is 2.13. The molecule has 5 nitrogen and oxygen atoms in total. The summed E-state index contributed by atoms with van der Waals surface area (Å²) in [6.07, 6.45) is 4.12. The first-order chi connectivity index (χ1) is 11.2. The third-order valence-electron chi connectivity index (χ3n) is 4.51. The molecule has 0 spiro atoms. The minimum absolute atomic E-state index is 0.136. The number of H-pyrrole nitrogens is 2. The molecule has 0 amide bonds. The molecule has 1 aliphatic rings. The third kappa shape index (κ3) is 2.75. The summed E-state index contributed by atoms with van der Waals surface area (Å²) in [6, 6.07) is 10.2. The Labute approximate surface area is 134 Å². The molecule has 0 atom stereocenters. The second-order valence-corrected chi connectivity index (χ2v) is 6.26. The summed E-state index contributed by atoms with van der Waals surface area (Å²) in [5, 5.41) is 1.12. The summed E-state index contributed by atoms with van der Waals surface area (Å²) in [4.78, 5) is 20.5. The van der Waals surface area contributed by atoms with Crippen molar-refractivity contribution in [1.82, 2.24) is 14.9 Å². The predicted molar refractivity (Wildman–Crippen MR) is 93.3 cm³/mol. The van der Waals surface area contributed by atoms with E-state index in [1.807, 2.05) is 6.07 Å². The molecule has 2 aromatic heterocycles. The molecule has 0 radical (unpaired) electrons. The van der Waals surface area contributed by atoms with Crippen LogP contribution in [0.15, 0.2) is 41.3 Å². The van der Waals surface area contributed by atoms with Crippen LogP contribution in [0.1, 0.15) is 18.4 Å². The molecule has 4 N–H and O–H groups in total. The molecule has 1 saturated heterocycles. The van der Waals surface area contributed by atoms with Crippen LogP contribution < -0.4 is 11.3 Å². The van der Waals surface area contributed by atoms with E-state index in [-0.39, 0.29) is 5.56 Å². The smallest absolute Gasteiger partial charge is 0.257 e. The number of benzene rings is 1. The van der Waals surface area contributed by atoms with Crippen LogP contribution in [0.5, 0.6) is 0 Å². The van der Waals surface area contributed by atoms with Crippen molar-refractivity contribution < 1.29 is 0 Å². The number of pyridine rings is 1. The molecule has 0 bridgehead atoms. The number of nitrogens with zero attached hydrogens (tertiary/aromatic N) is 1. The van der Waals surface area contributed by atoms with Crippen molar-refractivity contribution in [2.45, 2.75) is 19.4 Å². The van der Waals surface area contributed by atoms with E-state index in [9.17, 15) is 4.79 Å². The van der Waals surface area contributed by atoms with Crippen molar-refractivity contribution in [3.63, 3.8) is 0 Å². The standard InChI is InChI=1S/C18H20N4O/c19-14-9-15(18(23)20-10-14)17-8-13-7-12(3-4-16(13)21-17)11-22-5-1-2-6-22/h3-4,7-10,21H,1-2,5-6,11,19H2,(H,20,23). The lowest BCUT2D eigenvalue weighted by molar-refractivity contribution is 0.331. The molecule has 4 rings (SSSR count). The van der Waals surface area contributed by atoms with Gasteiger partial charge in [-0.15, -0.1) is 0 Å². The minimum Gasteiger partial charge on any atom is -0.398 e. The van der Waals surface area contributed by atoms with Crippen LogP contribution in [0.25, 0.3) is 22.2 Å². The lowest BCUT2D eigenvalue weighted by Gasteiger charge is -2.14. The molecule has 118 valence electrons. The van der Waals surface area contributed by atoms with E-state index in [4.69, 9.17) is 5.73 Å². The number of rotatable bonds is 3. The van der Waals surface area contributed by atoms with Gasteiger partial charge < -0.3 is 15.7 Å². The quantitative estimate of drug-likeness (QED) is 0.696. The second-order valence-electron chi connectivity index (χ2n) is 6.26. The number of hydrogen-bond acceptors (Lipinski definition) is 3. The minimum atomic E-state index is -0.136. The molecule has 0 saturated carbocycles. The number of fused-ring (bicyclic) bond motifs is 1. The lowest BCUT2D eigenvalue weighted by atomic mass is 10.1. The number of anilines is 1. The van der Waals surface area contributed by atoms with E-state index in [0.29, 0.717) is 11.3 Å². The molecule has 5 heteroatoms. The summed E-state index contributed by atoms with van der Waals surface area (Å²) in [5.74, 6) is 0. The molecule has 0 unspecified atom stereocenters. The SMILES string of the molecule is Nc1c[nH]c(=O)c(-c2cc3cc(CN4CCCC4)ccc3[nH]2)c1. The summed E-state index contributed by atoms with van der Waals surface area (Å²) in [5.41, 5.74) is 9.91. The van der Waals surface area contributed by atoms with E-state index in [0.717, 1.165) is 23.1 Å². The summed E-state index contributed by atoms with van der Waals surface area (Å²) >= 11 is 0.